The van der Waals surface area contributed by atoms with Gasteiger partial charge in [0.15, 0.2) is 0 Å². The van der Waals surface area contributed by atoms with E-state index in [4.69, 9.17) is 11.5 Å². The molecule has 4 nitrogen and oxygen atoms in total. The van der Waals surface area contributed by atoms with Crippen LogP contribution >= 0.6 is 0 Å². The number of carboxylic acid groups (broad SMARTS) is 1. The summed E-state index contributed by atoms with van der Waals surface area (Å²) < 4.78 is 0. The summed E-state index contributed by atoms with van der Waals surface area (Å²) in [6, 6.07) is 0. The second-order valence-corrected chi connectivity index (χ2v) is 2.53. The van der Waals surface area contributed by atoms with Crippen molar-refractivity contribution >= 4 is 6.09 Å². The normalized spacial score (nSPS) is 9.42. The summed E-state index contributed by atoms with van der Waals surface area (Å²) in [5, 5.41) is 10.5. The molecule has 1 amide bonds. The average Bonchev–Trinajstić information content (AvgIpc) is 1.98. The Kier molecular flexibility index (Phi) is 5.84. The van der Waals surface area contributed by atoms with E-state index in [0.717, 1.165) is 13.0 Å². The lowest BCUT2D eigenvalue weighted by atomic mass is 10.4. The standard InChI is InChI=1S/C8H14N2O2/c1-3-6-10(2)7-4-5-9-8(11)12/h1,9H,4-7H2,2H3,(H,11,12). The van der Waals surface area contributed by atoms with E-state index < -0.39 is 6.09 Å². The van der Waals surface area contributed by atoms with E-state index in [1.54, 1.807) is 0 Å². The molecule has 0 aromatic carbocycles. The zero-order chi connectivity index (χ0) is 9.40. The lowest BCUT2D eigenvalue weighted by Gasteiger charge is -2.12. The zero-order valence-electron chi connectivity index (χ0n) is 7.21. The Morgan fingerprint density at radius 2 is 2.42 bits per heavy atom. The molecule has 0 rings (SSSR count). The number of nitrogens with zero attached hydrogens (tertiary/aromatic N) is 1. The molecule has 4 heteroatoms. The Morgan fingerprint density at radius 3 is 2.92 bits per heavy atom. The molecular formula is C8H14N2O2. The van der Waals surface area contributed by atoms with E-state index in [1.807, 2.05) is 11.9 Å². The number of terminal acetylenes is 1. The minimum Gasteiger partial charge on any atom is -0.465 e. The highest BCUT2D eigenvalue weighted by molar-refractivity contribution is 5.64. The van der Waals surface area contributed by atoms with Crippen LogP contribution in [0.1, 0.15) is 6.42 Å². The van der Waals surface area contributed by atoms with Crippen molar-refractivity contribution in [2.45, 2.75) is 6.42 Å². The molecule has 0 fully saturated rings. The minimum atomic E-state index is -0.977. The minimum absolute atomic E-state index is 0.476. The van der Waals surface area contributed by atoms with Crippen molar-refractivity contribution in [1.82, 2.24) is 10.2 Å². The van der Waals surface area contributed by atoms with Crippen molar-refractivity contribution < 1.29 is 9.90 Å². The molecule has 0 unspecified atom stereocenters. The fourth-order valence-electron chi connectivity index (χ4n) is 0.779. The van der Waals surface area contributed by atoms with E-state index in [-0.39, 0.29) is 0 Å². The molecular weight excluding hydrogens is 156 g/mol. The maximum atomic E-state index is 10.0. The Hall–Kier alpha value is -1.21. The van der Waals surface area contributed by atoms with Crippen LogP contribution in [0.3, 0.4) is 0 Å². The van der Waals surface area contributed by atoms with Crippen molar-refractivity contribution in [2.75, 3.05) is 26.7 Å². The third-order valence-corrected chi connectivity index (χ3v) is 1.35. The van der Waals surface area contributed by atoms with E-state index in [2.05, 4.69) is 11.2 Å². The topological polar surface area (TPSA) is 52.6 Å². The number of hydrogen-bond acceptors (Lipinski definition) is 2. The van der Waals surface area contributed by atoms with Gasteiger partial charge in [-0.3, -0.25) is 4.90 Å². The molecule has 0 saturated carbocycles. The number of amides is 1. The van der Waals surface area contributed by atoms with Crippen LogP contribution in [0.2, 0.25) is 0 Å². The summed E-state index contributed by atoms with van der Waals surface area (Å²) in [4.78, 5) is 12.0. The fourth-order valence-corrected chi connectivity index (χ4v) is 0.779. The van der Waals surface area contributed by atoms with Gasteiger partial charge >= 0.3 is 6.09 Å². The van der Waals surface area contributed by atoms with Crippen molar-refractivity contribution in [3.8, 4) is 12.3 Å². The van der Waals surface area contributed by atoms with Crippen LogP contribution < -0.4 is 5.32 Å². The lowest BCUT2D eigenvalue weighted by molar-refractivity contribution is 0.194. The molecule has 12 heavy (non-hydrogen) atoms. The molecule has 0 aliphatic heterocycles. The highest BCUT2D eigenvalue weighted by Gasteiger charge is 1.96. The van der Waals surface area contributed by atoms with Crippen molar-refractivity contribution in [3.05, 3.63) is 0 Å². The highest BCUT2D eigenvalue weighted by Crippen LogP contribution is 1.84. The first kappa shape index (κ1) is 10.8. The Labute approximate surface area is 72.6 Å². The molecule has 0 saturated heterocycles. The predicted octanol–water partition coefficient (Wildman–Crippen LogP) is 0.209. The SMILES string of the molecule is C#CCN(C)CCCNC(=O)O. The van der Waals surface area contributed by atoms with Gasteiger partial charge in [0.2, 0.25) is 0 Å². The fraction of sp³-hybridized carbons (Fsp3) is 0.625. The van der Waals surface area contributed by atoms with Crippen LogP contribution in [0, 0.1) is 12.3 Å². The van der Waals surface area contributed by atoms with Gasteiger partial charge in [-0.25, -0.2) is 4.79 Å². The van der Waals surface area contributed by atoms with Gasteiger partial charge in [0.05, 0.1) is 6.54 Å². The first-order valence-corrected chi connectivity index (χ1v) is 3.75. The summed E-state index contributed by atoms with van der Waals surface area (Å²) in [7, 11) is 1.90. The van der Waals surface area contributed by atoms with E-state index in [0.29, 0.717) is 13.1 Å². The number of carbonyl (C=O) groups is 1. The molecule has 0 bridgehead atoms. The Morgan fingerprint density at radius 1 is 1.75 bits per heavy atom. The van der Waals surface area contributed by atoms with Crippen LogP contribution in [0.5, 0.6) is 0 Å². The summed E-state index contributed by atoms with van der Waals surface area (Å²) in [6.07, 6.45) is 4.89. The average molecular weight is 170 g/mol. The molecule has 68 valence electrons. The molecule has 2 N–H and O–H groups in total. The van der Waals surface area contributed by atoms with Crippen LogP contribution in [0.25, 0.3) is 0 Å². The van der Waals surface area contributed by atoms with Gasteiger partial charge in [-0.2, -0.15) is 0 Å². The first-order chi connectivity index (χ1) is 5.66. The lowest BCUT2D eigenvalue weighted by Crippen LogP contribution is -2.27. The molecule has 0 heterocycles. The summed E-state index contributed by atoms with van der Waals surface area (Å²) in [5.74, 6) is 2.51. The predicted molar refractivity (Wildman–Crippen MR) is 47.0 cm³/mol. The maximum absolute atomic E-state index is 10.0. The van der Waals surface area contributed by atoms with Gasteiger partial charge in [-0.15, -0.1) is 6.42 Å². The molecule has 0 aromatic rings. The second-order valence-electron chi connectivity index (χ2n) is 2.53. The summed E-state index contributed by atoms with van der Waals surface area (Å²) in [6.45, 7) is 1.89. The molecule has 0 radical (unpaired) electrons. The van der Waals surface area contributed by atoms with Crippen molar-refractivity contribution in [1.29, 1.82) is 0 Å². The molecule has 0 aliphatic carbocycles. The first-order valence-electron chi connectivity index (χ1n) is 3.75. The monoisotopic (exact) mass is 170 g/mol. The summed E-state index contributed by atoms with van der Waals surface area (Å²) >= 11 is 0. The van der Waals surface area contributed by atoms with Crippen LogP contribution in [0.15, 0.2) is 0 Å². The third kappa shape index (κ3) is 6.90. The van der Waals surface area contributed by atoms with Gasteiger partial charge in [0.1, 0.15) is 0 Å². The molecule has 0 spiro atoms. The van der Waals surface area contributed by atoms with E-state index >= 15 is 0 Å². The molecule has 0 aromatic heterocycles. The van der Waals surface area contributed by atoms with Gasteiger partial charge in [0, 0.05) is 13.1 Å². The Balaban J connectivity index is 3.20. The van der Waals surface area contributed by atoms with Crippen LogP contribution in [0.4, 0.5) is 4.79 Å². The molecule has 0 atom stereocenters. The van der Waals surface area contributed by atoms with E-state index in [9.17, 15) is 4.79 Å². The number of rotatable bonds is 5. The van der Waals surface area contributed by atoms with Gasteiger partial charge in [-0.1, -0.05) is 5.92 Å². The van der Waals surface area contributed by atoms with Crippen molar-refractivity contribution in [3.63, 3.8) is 0 Å². The zero-order valence-corrected chi connectivity index (χ0v) is 7.21. The van der Waals surface area contributed by atoms with Crippen LogP contribution in [-0.2, 0) is 0 Å². The third-order valence-electron chi connectivity index (χ3n) is 1.35. The highest BCUT2D eigenvalue weighted by atomic mass is 16.4. The van der Waals surface area contributed by atoms with E-state index in [1.165, 1.54) is 0 Å². The largest absolute Gasteiger partial charge is 0.465 e. The quantitative estimate of drug-likeness (QED) is 0.458. The van der Waals surface area contributed by atoms with Gasteiger partial charge < -0.3 is 10.4 Å². The summed E-state index contributed by atoms with van der Waals surface area (Å²) in [5.41, 5.74) is 0. The number of nitrogens with one attached hydrogen (secondary N) is 1. The smallest absolute Gasteiger partial charge is 0.404 e. The Bertz CT molecular complexity index is 174. The second kappa shape index (κ2) is 6.50. The maximum Gasteiger partial charge on any atom is 0.404 e. The van der Waals surface area contributed by atoms with Crippen molar-refractivity contribution in [2.24, 2.45) is 0 Å². The van der Waals surface area contributed by atoms with Crippen LogP contribution in [-0.4, -0.2) is 42.8 Å². The van der Waals surface area contributed by atoms with Gasteiger partial charge in [0.25, 0.3) is 0 Å². The van der Waals surface area contributed by atoms with Gasteiger partial charge in [-0.05, 0) is 13.5 Å². The molecule has 0 aliphatic rings. The number of hydrogen-bond donors (Lipinski definition) is 2.